The topological polar surface area (TPSA) is 119 Å². The van der Waals surface area contributed by atoms with Crippen LogP contribution in [0.5, 0.6) is 0 Å². The van der Waals surface area contributed by atoms with Gasteiger partial charge < -0.3 is 21.1 Å². The highest BCUT2D eigenvalue weighted by Gasteiger charge is 2.36. The Morgan fingerprint density at radius 3 is 2.50 bits per heavy atom. The lowest BCUT2D eigenvalue weighted by Gasteiger charge is -2.31. The number of benzene rings is 2. The minimum atomic E-state index is -0.890. The number of halogens is 2. The maximum Gasteiger partial charge on any atom is 0.253 e. The van der Waals surface area contributed by atoms with E-state index in [4.69, 9.17) is 10.5 Å². The normalized spacial score (nSPS) is 21.6. The van der Waals surface area contributed by atoms with Crippen molar-refractivity contribution in [2.24, 2.45) is 17.1 Å². The van der Waals surface area contributed by atoms with Gasteiger partial charge in [0.05, 0.1) is 30.0 Å². The summed E-state index contributed by atoms with van der Waals surface area (Å²) in [6, 6.07) is 7.18. The minimum Gasteiger partial charge on any atom is -0.382 e. The second kappa shape index (κ2) is 13.1. The Morgan fingerprint density at radius 1 is 1.04 bits per heavy atom. The zero-order valence-corrected chi connectivity index (χ0v) is 26.6. The minimum absolute atomic E-state index is 0.0607. The summed E-state index contributed by atoms with van der Waals surface area (Å²) in [5.74, 6) is -2.30. The van der Waals surface area contributed by atoms with E-state index >= 15 is 4.39 Å². The third-order valence-electron chi connectivity index (χ3n) is 9.69. The molecule has 1 saturated heterocycles. The van der Waals surface area contributed by atoms with Crippen LogP contribution in [0.2, 0.25) is 0 Å². The van der Waals surface area contributed by atoms with Crippen molar-refractivity contribution in [3.05, 3.63) is 53.2 Å². The van der Waals surface area contributed by atoms with E-state index in [1.54, 1.807) is 16.7 Å². The third-order valence-corrected chi connectivity index (χ3v) is 9.69. The van der Waals surface area contributed by atoms with E-state index in [0.717, 1.165) is 39.3 Å². The van der Waals surface area contributed by atoms with Crippen LogP contribution in [0.4, 0.5) is 14.5 Å². The number of hydrogen-bond donors (Lipinski definition) is 3. The molecular formula is C35H43F2N5O4. The molecule has 4 N–H and O–H groups in total. The number of amides is 2. The number of anilines is 1. The van der Waals surface area contributed by atoms with Gasteiger partial charge in [-0.2, -0.15) is 0 Å². The van der Waals surface area contributed by atoms with E-state index in [-0.39, 0.29) is 40.4 Å². The van der Waals surface area contributed by atoms with Crippen molar-refractivity contribution in [1.29, 1.82) is 0 Å². The quantitative estimate of drug-likeness (QED) is 0.282. The average molecular weight is 636 g/mol. The molecule has 0 bridgehead atoms. The Hall–Kier alpha value is -3.83. The predicted octanol–water partition coefficient (Wildman–Crippen LogP) is 5.11. The Kier molecular flexibility index (Phi) is 9.16. The zero-order chi connectivity index (χ0) is 32.6. The van der Waals surface area contributed by atoms with Crippen LogP contribution < -0.4 is 16.4 Å². The summed E-state index contributed by atoms with van der Waals surface area (Å²) < 4.78 is 37.0. The maximum absolute atomic E-state index is 15.7. The molecule has 3 aliphatic rings. The number of hydrogen-bond acceptors (Lipinski definition) is 6. The fourth-order valence-electron chi connectivity index (χ4n) is 7.41. The largest absolute Gasteiger partial charge is 0.382 e. The summed E-state index contributed by atoms with van der Waals surface area (Å²) >= 11 is 0. The maximum atomic E-state index is 15.7. The summed E-state index contributed by atoms with van der Waals surface area (Å²) in [7, 11) is 0. The number of morpholine rings is 1. The van der Waals surface area contributed by atoms with E-state index in [9.17, 15) is 18.8 Å². The predicted molar refractivity (Wildman–Crippen MR) is 173 cm³/mol. The number of carbonyl (C=O) groups is 3. The number of carbonyl (C=O) groups excluding carboxylic acids is 3. The van der Waals surface area contributed by atoms with Crippen LogP contribution in [0.3, 0.4) is 0 Å². The molecule has 1 aliphatic carbocycles. The summed E-state index contributed by atoms with van der Waals surface area (Å²) in [4.78, 5) is 40.9. The van der Waals surface area contributed by atoms with Crippen LogP contribution in [0.15, 0.2) is 30.3 Å². The first-order valence-corrected chi connectivity index (χ1v) is 16.3. The molecule has 2 fully saturated rings. The molecule has 6 rings (SSSR count). The lowest BCUT2D eigenvalue weighted by Crippen LogP contribution is -2.39. The fraction of sp³-hybridized carbons (Fsp3) is 0.514. The Balaban J connectivity index is 1.20. The smallest absolute Gasteiger partial charge is 0.253 e. The molecule has 11 heteroatoms. The highest BCUT2D eigenvalue weighted by atomic mass is 19.1. The molecule has 0 unspecified atom stereocenters. The number of rotatable bonds is 9. The van der Waals surface area contributed by atoms with Crippen LogP contribution in [-0.4, -0.2) is 72.6 Å². The number of fused-ring (bicyclic) bond motifs is 3. The first kappa shape index (κ1) is 32.1. The molecule has 2 amide bonds. The number of nitrogens with one attached hydrogen (secondary N) is 2. The molecular weight excluding hydrogens is 592 g/mol. The van der Waals surface area contributed by atoms with Crippen molar-refractivity contribution in [2.75, 3.05) is 44.7 Å². The number of aromatic nitrogens is 1. The summed E-state index contributed by atoms with van der Waals surface area (Å²) in [6.07, 6.45) is 4.40. The van der Waals surface area contributed by atoms with E-state index < -0.39 is 17.5 Å². The van der Waals surface area contributed by atoms with E-state index in [2.05, 4.69) is 15.5 Å². The van der Waals surface area contributed by atoms with Gasteiger partial charge in [-0.3, -0.25) is 23.9 Å². The lowest BCUT2D eigenvalue weighted by molar-refractivity contribution is -0.126. The van der Waals surface area contributed by atoms with Crippen molar-refractivity contribution in [3.63, 3.8) is 0 Å². The van der Waals surface area contributed by atoms with Gasteiger partial charge in [-0.25, -0.2) is 8.78 Å². The van der Waals surface area contributed by atoms with Crippen molar-refractivity contribution >= 4 is 34.3 Å². The Morgan fingerprint density at radius 2 is 1.78 bits per heavy atom. The van der Waals surface area contributed by atoms with Gasteiger partial charge in [0.2, 0.25) is 11.8 Å². The van der Waals surface area contributed by atoms with Gasteiger partial charge in [0.15, 0.2) is 0 Å². The number of nitrogens with two attached hydrogens (primary N) is 1. The fourth-order valence-corrected chi connectivity index (χ4v) is 7.41. The summed E-state index contributed by atoms with van der Waals surface area (Å²) in [5, 5.41) is 7.08. The molecule has 246 valence electrons. The Bertz CT molecular complexity index is 1650. The second-order valence-corrected chi connectivity index (χ2v) is 13.8. The van der Waals surface area contributed by atoms with Gasteiger partial charge in [-0.15, -0.1) is 0 Å². The highest BCUT2D eigenvalue weighted by molar-refractivity contribution is 6.06. The van der Waals surface area contributed by atoms with Crippen molar-refractivity contribution in [2.45, 2.75) is 64.8 Å². The molecule has 9 nitrogen and oxygen atoms in total. The third kappa shape index (κ3) is 6.66. The van der Waals surface area contributed by atoms with Gasteiger partial charge in [0, 0.05) is 54.7 Å². The van der Waals surface area contributed by atoms with Crippen molar-refractivity contribution < 1.29 is 27.9 Å². The van der Waals surface area contributed by atoms with E-state index in [0.29, 0.717) is 72.8 Å². The zero-order valence-electron chi connectivity index (χ0n) is 26.6. The summed E-state index contributed by atoms with van der Waals surface area (Å²) in [5.41, 5.74) is 7.61. The molecule has 46 heavy (non-hydrogen) atoms. The van der Waals surface area contributed by atoms with E-state index in [1.165, 1.54) is 18.2 Å². The lowest BCUT2D eigenvalue weighted by atomic mass is 9.80. The average Bonchev–Trinajstić information content (AvgIpc) is 3.32. The van der Waals surface area contributed by atoms with Gasteiger partial charge in [-0.05, 0) is 86.4 Å². The molecule has 2 aliphatic heterocycles. The van der Waals surface area contributed by atoms with E-state index in [1.807, 2.05) is 13.8 Å². The van der Waals surface area contributed by atoms with Crippen molar-refractivity contribution in [3.8, 4) is 11.1 Å². The number of primary amides is 1. The standard InChI is InChI=1S/C35H43F2N5O4/c1-35(2)19-29-31(25-9-6-23(36)18-28(25)42(29)30(43)20-35)22-16-26(37)32(33(38)44)27(17-22)40-24-7-4-21(5-8-24)34(45)39-10-3-11-41-12-14-46-15-13-41/h6,9,16-18,21,24,40H,3-5,7-8,10-15,19-20H2,1-2H3,(H2,38,44)(H,39,45)/t21-,24-. The molecule has 1 aromatic heterocycles. The molecule has 2 aromatic carbocycles. The second-order valence-electron chi connectivity index (χ2n) is 13.8. The van der Waals surface area contributed by atoms with Gasteiger partial charge in [0.1, 0.15) is 11.6 Å². The van der Waals surface area contributed by atoms with Crippen LogP contribution >= 0.6 is 0 Å². The van der Waals surface area contributed by atoms with Gasteiger partial charge in [-0.1, -0.05) is 13.8 Å². The first-order valence-electron chi connectivity index (χ1n) is 16.3. The molecule has 3 heterocycles. The molecule has 0 atom stereocenters. The molecule has 1 saturated carbocycles. The summed E-state index contributed by atoms with van der Waals surface area (Å²) in [6.45, 7) is 8.95. The molecule has 0 spiro atoms. The highest BCUT2D eigenvalue weighted by Crippen LogP contribution is 2.44. The molecule has 0 radical (unpaired) electrons. The number of ether oxygens (including phenoxy) is 1. The number of nitrogens with zero attached hydrogens (tertiary/aromatic N) is 2. The molecule has 3 aromatic rings. The van der Waals surface area contributed by atoms with Crippen LogP contribution in [0, 0.1) is 23.0 Å². The van der Waals surface area contributed by atoms with Crippen LogP contribution in [0.25, 0.3) is 22.0 Å². The first-order chi connectivity index (χ1) is 22.0. The van der Waals surface area contributed by atoms with Gasteiger partial charge in [0.25, 0.3) is 5.91 Å². The van der Waals surface area contributed by atoms with Crippen molar-refractivity contribution in [1.82, 2.24) is 14.8 Å². The SMILES string of the molecule is CC1(C)CC(=O)n2c(c(-c3cc(F)c(C(N)=O)c(N[C@H]4CC[C@H](C(=O)NCCCN5CCOCC5)CC4)c3)c3ccc(F)cc32)C1. The monoisotopic (exact) mass is 635 g/mol. The van der Waals surface area contributed by atoms with Crippen LogP contribution in [-0.2, 0) is 16.0 Å². The van der Waals surface area contributed by atoms with Gasteiger partial charge >= 0.3 is 0 Å². The Labute approximate surface area is 267 Å². The van der Waals surface area contributed by atoms with Crippen LogP contribution in [0.1, 0.15) is 73.2 Å².